The molecule has 0 unspecified atom stereocenters. The highest BCUT2D eigenvalue weighted by Crippen LogP contribution is 2.36. The minimum absolute atomic E-state index is 0.000132. The van der Waals surface area contributed by atoms with Crippen molar-refractivity contribution in [3.63, 3.8) is 0 Å². The summed E-state index contributed by atoms with van der Waals surface area (Å²) in [5.74, 6) is -2.04. The summed E-state index contributed by atoms with van der Waals surface area (Å²) in [6.07, 6.45) is 0. The standard InChI is InChI=1S/C19H19ClF3N5O3S/c1-9-4-6-13(21)16(10(9)2)11(3)17(18-24-27-28-25-18)26-32(29,30)15-7-5-12(20)8-14(15)31-19(22)23/h4-8,11,17,19,26H,1-3H3,(H,24,25,27,28)/t11-,17+/m1/s1. The molecule has 0 amide bonds. The van der Waals surface area contributed by atoms with Gasteiger partial charge in [-0.05, 0) is 48.7 Å². The van der Waals surface area contributed by atoms with Gasteiger partial charge in [0.05, 0.1) is 6.04 Å². The summed E-state index contributed by atoms with van der Waals surface area (Å²) in [5.41, 5.74) is 1.68. The molecule has 0 saturated heterocycles. The first-order valence-corrected chi connectivity index (χ1v) is 11.1. The van der Waals surface area contributed by atoms with Gasteiger partial charge in [0.15, 0.2) is 5.82 Å². The Labute approximate surface area is 187 Å². The highest BCUT2D eigenvalue weighted by atomic mass is 35.5. The molecule has 0 aliphatic carbocycles. The van der Waals surface area contributed by atoms with Gasteiger partial charge < -0.3 is 4.74 Å². The molecule has 0 bridgehead atoms. The number of benzene rings is 2. The van der Waals surface area contributed by atoms with Crippen molar-refractivity contribution in [3.8, 4) is 5.75 Å². The number of ether oxygens (including phenoxy) is 1. The summed E-state index contributed by atoms with van der Waals surface area (Å²) in [5, 5.41) is 13.4. The molecule has 0 radical (unpaired) electrons. The largest absolute Gasteiger partial charge is 0.433 e. The van der Waals surface area contributed by atoms with Crippen LogP contribution < -0.4 is 9.46 Å². The van der Waals surface area contributed by atoms with Gasteiger partial charge in [0.1, 0.15) is 16.5 Å². The molecule has 2 aromatic carbocycles. The van der Waals surface area contributed by atoms with Crippen LogP contribution >= 0.6 is 11.6 Å². The molecule has 1 aromatic heterocycles. The quantitative estimate of drug-likeness (QED) is 0.494. The Hall–Kier alpha value is -2.70. The van der Waals surface area contributed by atoms with Crippen LogP contribution in [0.4, 0.5) is 13.2 Å². The highest BCUT2D eigenvalue weighted by molar-refractivity contribution is 7.89. The Morgan fingerprint density at radius 3 is 2.53 bits per heavy atom. The van der Waals surface area contributed by atoms with Gasteiger partial charge in [-0.25, -0.2) is 12.8 Å². The molecule has 8 nitrogen and oxygen atoms in total. The fourth-order valence-corrected chi connectivity index (χ4v) is 4.88. The number of nitrogens with one attached hydrogen (secondary N) is 2. The van der Waals surface area contributed by atoms with E-state index < -0.39 is 45.1 Å². The van der Waals surface area contributed by atoms with Crippen LogP contribution in [-0.2, 0) is 10.0 Å². The summed E-state index contributed by atoms with van der Waals surface area (Å²) in [6.45, 7) is 1.81. The predicted molar refractivity (Wildman–Crippen MR) is 110 cm³/mol. The highest BCUT2D eigenvalue weighted by Gasteiger charge is 2.34. The smallest absolute Gasteiger partial charge is 0.387 e. The zero-order chi connectivity index (χ0) is 23.6. The second-order valence-corrected chi connectivity index (χ2v) is 9.15. The third kappa shape index (κ3) is 5.03. The molecule has 2 N–H and O–H groups in total. The average Bonchev–Trinajstić information content (AvgIpc) is 3.23. The number of aromatic nitrogens is 4. The van der Waals surface area contributed by atoms with Gasteiger partial charge in [-0.2, -0.15) is 18.7 Å². The molecular formula is C19H19ClF3N5O3S. The average molecular weight is 490 g/mol. The maximum absolute atomic E-state index is 14.7. The number of aryl methyl sites for hydroxylation is 1. The number of hydrogen-bond acceptors (Lipinski definition) is 6. The van der Waals surface area contributed by atoms with Gasteiger partial charge in [0, 0.05) is 17.0 Å². The Bertz CT molecular complexity index is 1210. The molecular weight excluding hydrogens is 471 g/mol. The predicted octanol–water partition coefficient (Wildman–Crippen LogP) is 4.03. The topological polar surface area (TPSA) is 110 Å². The van der Waals surface area contributed by atoms with E-state index in [1.54, 1.807) is 26.8 Å². The van der Waals surface area contributed by atoms with E-state index in [0.29, 0.717) is 5.56 Å². The molecule has 3 rings (SSSR count). The summed E-state index contributed by atoms with van der Waals surface area (Å²) in [6, 6.07) is 4.90. The summed E-state index contributed by atoms with van der Waals surface area (Å²) in [7, 11) is -4.48. The summed E-state index contributed by atoms with van der Waals surface area (Å²) >= 11 is 5.80. The van der Waals surface area contributed by atoms with Crippen molar-refractivity contribution < 1.29 is 26.3 Å². The number of sulfonamides is 1. The molecule has 172 valence electrons. The number of H-pyrrole nitrogens is 1. The number of halogens is 4. The van der Waals surface area contributed by atoms with Gasteiger partial charge in [-0.3, -0.25) is 0 Å². The third-order valence-electron chi connectivity index (χ3n) is 5.02. The molecule has 0 spiro atoms. The molecule has 1 heterocycles. The minimum atomic E-state index is -4.48. The zero-order valence-electron chi connectivity index (χ0n) is 17.1. The lowest BCUT2D eigenvalue weighted by atomic mass is 9.88. The Morgan fingerprint density at radius 2 is 1.91 bits per heavy atom. The van der Waals surface area contributed by atoms with E-state index in [2.05, 4.69) is 30.1 Å². The fourth-order valence-electron chi connectivity index (χ4n) is 3.33. The lowest BCUT2D eigenvalue weighted by Crippen LogP contribution is -2.33. The molecule has 3 aromatic rings. The maximum atomic E-state index is 14.7. The lowest BCUT2D eigenvalue weighted by Gasteiger charge is -2.25. The van der Waals surface area contributed by atoms with Gasteiger partial charge >= 0.3 is 6.61 Å². The Morgan fingerprint density at radius 1 is 1.19 bits per heavy atom. The number of nitrogens with zero attached hydrogens (tertiary/aromatic N) is 3. The first kappa shape index (κ1) is 24.0. The van der Waals surface area contributed by atoms with Crippen LogP contribution in [0.5, 0.6) is 5.75 Å². The first-order valence-electron chi connectivity index (χ1n) is 9.27. The number of alkyl halides is 2. The van der Waals surface area contributed by atoms with Gasteiger partial charge in [-0.1, -0.05) is 29.8 Å². The van der Waals surface area contributed by atoms with E-state index in [9.17, 15) is 21.6 Å². The van der Waals surface area contributed by atoms with Crippen LogP contribution in [0.25, 0.3) is 0 Å². The van der Waals surface area contributed by atoms with Crippen molar-refractivity contribution >= 4 is 21.6 Å². The van der Waals surface area contributed by atoms with Gasteiger partial charge in [0.25, 0.3) is 0 Å². The second kappa shape index (κ2) is 9.43. The molecule has 32 heavy (non-hydrogen) atoms. The van der Waals surface area contributed by atoms with E-state index in [4.69, 9.17) is 11.6 Å². The van der Waals surface area contributed by atoms with Crippen LogP contribution in [0.2, 0.25) is 5.02 Å². The number of tetrazole rings is 1. The van der Waals surface area contributed by atoms with Crippen molar-refractivity contribution in [3.05, 3.63) is 63.7 Å². The molecule has 0 aliphatic heterocycles. The van der Waals surface area contributed by atoms with E-state index in [1.165, 1.54) is 12.1 Å². The SMILES string of the molecule is Cc1ccc(F)c([C@@H](C)[C@H](NS(=O)(=O)c2ccc(Cl)cc2OC(F)F)c2nn[nH]n2)c1C. The summed E-state index contributed by atoms with van der Waals surface area (Å²) < 4.78 is 73.4. The van der Waals surface area contributed by atoms with Crippen LogP contribution in [0.1, 0.15) is 41.4 Å². The van der Waals surface area contributed by atoms with E-state index >= 15 is 0 Å². The maximum Gasteiger partial charge on any atom is 0.387 e. The van der Waals surface area contributed by atoms with Crippen molar-refractivity contribution in [1.82, 2.24) is 25.3 Å². The molecule has 0 fully saturated rings. The van der Waals surface area contributed by atoms with E-state index in [-0.39, 0.29) is 16.4 Å². The van der Waals surface area contributed by atoms with Gasteiger partial charge in [0.2, 0.25) is 10.0 Å². The van der Waals surface area contributed by atoms with Gasteiger partial charge in [-0.15, -0.1) is 10.2 Å². The van der Waals surface area contributed by atoms with Crippen molar-refractivity contribution in [2.75, 3.05) is 0 Å². The number of rotatable bonds is 8. The van der Waals surface area contributed by atoms with Crippen LogP contribution in [0, 0.1) is 19.7 Å². The normalized spacial score (nSPS) is 13.9. The van der Waals surface area contributed by atoms with Crippen molar-refractivity contribution in [2.45, 2.75) is 44.2 Å². The van der Waals surface area contributed by atoms with E-state index in [0.717, 1.165) is 17.7 Å². The molecule has 2 atom stereocenters. The van der Waals surface area contributed by atoms with Crippen molar-refractivity contribution in [2.24, 2.45) is 0 Å². The molecule has 0 saturated carbocycles. The van der Waals surface area contributed by atoms with E-state index in [1.807, 2.05) is 0 Å². The molecule has 13 heteroatoms. The van der Waals surface area contributed by atoms with Crippen molar-refractivity contribution in [1.29, 1.82) is 0 Å². The van der Waals surface area contributed by atoms with Crippen LogP contribution in [-0.4, -0.2) is 35.7 Å². The Balaban J connectivity index is 2.07. The second-order valence-electron chi connectivity index (χ2n) is 7.03. The molecule has 0 aliphatic rings. The minimum Gasteiger partial charge on any atom is -0.433 e. The number of aromatic amines is 1. The lowest BCUT2D eigenvalue weighted by molar-refractivity contribution is -0.0517. The van der Waals surface area contributed by atoms with Crippen LogP contribution in [0.15, 0.2) is 35.2 Å². The monoisotopic (exact) mass is 489 g/mol. The first-order chi connectivity index (χ1) is 15.0. The van der Waals surface area contributed by atoms with Crippen LogP contribution in [0.3, 0.4) is 0 Å². The Kier molecular flexibility index (Phi) is 7.06. The fraction of sp³-hybridized carbons (Fsp3) is 0.316. The third-order valence-corrected chi connectivity index (χ3v) is 6.74. The summed E-state index contributed by atoms with van der Waals surface area (Å²) in [4.78, 5) is -0.579. The number of hydrogen-bond donors (Lipinski definition) is 2. The zero-order valence-corrected chi connectivity index (χ0v) is 18.7.